The minimum Gasteiger partial charge on any atom is -0.493 e. The van der Waals surface area contributed by atoms with Gasteiger partial charge in [-0.1, -0.05) is 54.5 Å². The van der Waals surface area contributed by atoms with Crippen LogP contribution in [0.3, 0.4) is 0 Å². The molecule has 0 aliphatic heterocycles. The predicted octanol–water partition coefficient (Wildman–Crippen LogP) is 7.70. The summed E-state index contributed by atoms with van der Waals surface area (Å²) in [5, 5.41) is 13.3. The summed E-state index contributed by atoms with van der Waals surface area (Å²) in [5.41, 5.74) is 0.683. The lowest BCUT2D eigenvalue weighted by Gasteiger charge is -2.58. The van der Waals surface area contributed by atoms with Crippen molar-refractivity contribution in [3.8, 4) is 5.75 Å². The maximum Gasteiger partial charge on any atom is 0.230 e. The fraction of sp³-hybridized carbons (Fsp3) is 0.457. The Balaban J connectivity index is 1.37. The third kappa shape index (κ3) is 7.81. The largest absolute Gasteiger partial charge is 0.493 e. The molecule has 2 aromatic carbocycles. The van der Waals surface area contributed by atoms with E-state index >= 15 is 0 Å². The highest BCUT2D eigenvalue weighted by Crippen LogP contribution is 2.47. The molecule has 0 saturated heterocycles. The van der Waals surface area contributed by atoms with Gasteiger partial charge in [0.1, 0.15) is 17.9 Å². The Hall–Kier alpha value is -4.12. The van der Waals surface area contributed by atoms with Gasteiger partial charge in [-0.25, -0.2) is 18.7 Å². The Bertz CT molecular complexity index is 1630. The molecule has 4 rings (SSSR count). The van der Waals surface area contributed by atoms with E-state index in [0.29, 0.717) is 29.5 Å². The van der Waals surface area contributed by atoms with Gasteiger partial charge in [-0.05, 0) is 61.4 Å². The summed E-state index contributed by atoms with van der Waals surface area (Å²) in [7, 11) is 0. The third-order valence-corrected chi connectivity index (χ3v) is 8.42. The number of halogens is 2. The number of nitrogens with zero attached hydrogens (tertiary/aromatic N) is 4. The summed E-state index contributed by atoms with van der Waals surface area (Å²) in [6.45, 7) is 23.0. The molecular formula is C35H46F2N7O2. The minimum atomic E-state index is -1.11. The second-order valence-electron chi connectivity index (χ2n) is 13.7. The average Bonchev–Trinajstić information content (AvgIpc) is 3.41. The Morgan fingerprint density at radius 2 is 1.76 bits per heavy atom. The van der Waals surface area contributed by atoms with E-state index in [2.05, 4.69) is 84.2 Å². The molecule has 1 radical (unpaired) electrons. The summed E-state index contributed by atoms with van der Waals surface area (Å²) in [4.78, 5) is 23.7. The van der Waals surface area contributed by atoms with E-state index in [-0.39, 0.29) is 28.5 Å². The number of ether oxygens (including phenoxy) is 1. The first-order chi connectivity index (χ1) is 21.6. The van der Waals surface area contributed by atoms with E-state index in [1.165, 1.54) is 18.5 Å². The van der Waals surface area contributed by atoms with Crippen molar-refractivity contribution < 1.29 is 18.3 Å². The molecule has 1 amide bonds. The van der Waals surface area contributed by atoms with Crippen molar-refractivity contribution in [3.63, 3.8) is 0 Å². The summed E-state index contributed by atoms with van der Waals surface area (Å²) in [5.74, 6) is -0.978. The zero-order valence-electron chi connectivity index (χ0n) is 27.9. The van der Waals surface area contributed by atoms with Crippen molar-refractivity contribution >= 4 is 34.1 Å². The predicted molar refractivity (Wildman–Crippen MR) is 179 cm³/mol. The molecule has 247 valence electrons. The summed E-state index contributed by atoms with van der Waals surface area (Å²) in [6.07, 6.45) is 3.25. The number of fused-ring (bicyclic) bond motifs is 1. The molecule has 9 nitrogen and oxygen atoms in total. The highest BCUT2D eigenvalue weighted by Gasteiger charge is 2.50. The smallest absolute Gasteiger partial charge is 0.230 e. The van der Waals surface area contributed by atoms with Crippen LogP contribution in [0.4, 0.5) is 26.1 Å². The number of hydrogen-bond donors (Lipinski definition) is 3. The first kappa shape index (κ1) is 34.7. The van der Waals surface area contributed by atoms with E-state index in [0.717, 1.165) is 43.1 Å². The molecule has 0 spiro atoms. The first-order valence-electron chi connectivity index (χ1n) is 15.7. The van der Waals surface area contributed by atoms with Crippen LogP contribution in [0.5, 0.6) is 5.75 Å². The fourth-order valence-electron chi connectivity index (χ4n) is 6.11. The monoisotopic (exact) mass is 634 g/mol. The van der Waals surface area contributed by atoms with Gasteiger partial charge in [-0.2, -0.15) is 5.10 Å². The Morgan fingerprint density at radius 1 is 1.02 bits per heavy atom. The molecule has 4 aromatic rings. The van der Waals surface area contributed by atoms with Gasteiger partial charge in [0.2, 0.25) is 5.91 Å². The van der Waals surface area contributed by atoms with Gasteiger partial charge in [0.05, 0.1) is 24.2 Å². The lowest BCUT2D eigenvalue weighted by molar-refractivity contribution is -0.115. The van der Waals surface area contributed by atoms with E-state index in [9.17, 15) is 13.6 Å². The van der Waals surface area contributed by atoms with E-state index in [1.54, 1.807) is 6.07 Å². The average molecular weight is 635 g/mol. The van der Waals surface area contributed by atoms with Gasteiger partial charge >= 0.3 is 0 Å². The van der Waals surface area contributed by atoms with Gasteiger partial charge < -0.3 is 15.4 Å². The molecular weight excluding hydrogens is 588 g/mol. The molecule has 0 aliphatic rings. The SMILES string of the molecule is [CH2]C(N(CCC)CCCOc1ccc2c(Nc3cc(CC(=O)Nc4cccc(F)c4F)[nH]n3)ncnc2c1)(C(C)(C)C)C(C)(C)C. The maximum atomic E-state index is 13.9. The molecule has 11 heteroatoms. The Morgan fingerprint density at radius 3 is 2.46 bits per heavy atom. The molecule has 2 heterocycles. The lowest BCUT2D eigenvalue weighted by atomic mass is 9.60. The first-order valence-corrected chi connectivity index (χ1v) is 15.7. The zero-order chi connectivity index (χ0) is 33.7. The number of rotatable bonds is 13. The number of carbonyl (C=O) groups excluding carboxylic acids is 1. The van der Waals surface area contributed by atoms with Crippen molar-refractivity contribution in [2.45, 2.75) is 73.3 Å². The van der Waals surface area contributed by atoms with Crippen LogP contribution >= 0.6 is 0 Å². The normalized spacial score (nSPS) is 12.5. The van der Waals surface area contributed by atoms with Gasteiger partial charge in [0.15, 0.2) is 17.5 Å². The fourth-order valence-corrected chi connectivity index (χ4v) is 6.11. The van der Waals surface area contributed by atoms with Crippen LogP contribution in [0.15, 0.2) is 48.8 Å². The van der Waals surface area contributed by atoms with Crippen LogP contribution in [0.25, 0.3) is 10.9 Å². The van der Waals surface area contributed by atoms with Gasteiger partial charge in [-0.15, -0.1) is 0 Å². The van der Waals surface area contributed by atoms with Crippen molar-refractivity contribution in [3.05, 3.63) is 73.0 Å². The molecule has 3 N–H and O–H groups in total. The molecule has 0 aliphatic carbocycles. The van der Waals surface area contributed by atoms with Gasteiger partial charge in [0, 0.05) is 35.3 Å². The quantitative estimate of drug-likeness (QED) is 0.129. The summed E-state index contributed by atoms with van der Waals surface area (Å²) in [6, 6.07) is 10.9. The number of anilines is 3. The second kappa shape index (κ2) is 14.1. The van der Waals surface area contributed by atoms with Crippen molar-refractivity contribution in [2.24, 2.45) is 10.8 Å². The number of aromatic amines is 1. The molecule has 2 aromatic heterocycles. The van der Waals surface area contributed by atoms with Gasteiger partial charge in [0.25, 0.3) is 0 Å². The third-order valence-electron chi connectivity index (χ3n) is 8.42. The Labute approximate surface area is 270 Å². The van der Waals surface area contributed by atoms with Crippen LogP contribution < -0.4 is 15.4 Å². The molecule has 0 bridgehead atoms. The van der Waals surface area contributed by atoms with Crippen molar-refractivity contribution in [1.82, 2.24) is 25.1 Å². The number of nitrogens with one attached hydrogen (secondary N) is 3. The standard InChI is InChI=1S/C35H46F2N7O2/c1-9-16-44(35(8,33(2,3)4)34(5,6)7)17-11-18-46-24-14-15-25-28(21-24)38-22-39-32(25)41-29-19-23(42-43-29)20-30(45)40-27-13-10-12-26(36)31(27)37/h10,12-15,19,21-22H,8-9,11,16-18,20H2,1-7H3,(H,40,45)(H2,38,39,41,42,43). The highest BCUT2D eigenvalue weighted by atomic mass is 19.2. The molecule has 0 saturated carbocycles. The van der Waals surface area contributed by atoms with Crippen molar-refractivity contribution in [2.75, 3.05) is 30.3 Å². The molecule has 0 fully saturated rings. The highest BCUT2D eigenvalue weighted by molar-refractivity contribution is 5.93. The lowest BCUT2D eigenvalue weighted by Crippen LogP contribution is -2.63. The van der Waals surface area contributed by atoms with Crippen LogP contribution in [0.1, 0.15) is 67.0 Å². The maximum absolute atomic E-state index is 13.9. The second-order valence-corrected chi connectivity index (χ2v) is 13.7. The molecule has 0 unspecified atom stereocenters. The summed E-state index contributed by atoms with van der Waals surface area (Å²) >= 11 is 0. The Kier molecular flexibility index (Phi) is 10.7. The topological polar surface area (TPSA) is 108 Å². The molecule has 46 heavy (non-hydrogen) atoms. The van der Waals surface area contributed by atoms with Crippen LogP contribution in [0.2, 0.25) is 0 Å². The number of hydrogen-bond acceptors (Lipinski definition) is 7. The van der Waals surface area contributed by atoms with Gasteiger partial charge in [-0.3, -0.25) is 14.8 Å². The van der Waals surface area contributed by atoms with E-state index < -0.39 is 17.5 Å². The minimum absolute atomic E-state index is 0.0118. The van der Waals surface area contributed by atoms with E-state index in [1.807, 2.05) is 18.2 Å². The van der Waals surface area contributed by atoms with E-state index in [4.69, 9.17) is 11.7 Å². The number of carbonyl (C=O) groups is 1. The van der Waals surface area contributed by atoms with Crippen molar-refractivity contribution in [1.29, 1.82) is 0 Å². The number of aromatic nitrogens is 4. The summed E-state index contributed by atoms with van der Waals surface area (Å²) < 4.78 is 33.5. The number of amides is 1. The number of H-pyrrole nitrogens is 1. The van der Waals surface area contributed by atoms with Crippen LogP contribution in [-0.2, 0) is 11.2 Å². The molecule has 0 atom stereocenters. The zero-order valence-corrected chi connectivity index (χ0v) is 27.9. The number of benzene rings is 2. The van der Waals surface area contributed by atoms with Crippen LogP contribution in [-0.4, -0.2) is 56.2 Å². The van der Waals surface area contributed by atoms with Crippen LogP contribution in [0, 0.1) is 29.4 Å².